The Morgan fingerprint density at radius 2 is 2.33 bits per heavy atom. The minimum absolute atomic E-state index is 0.286. The molecule has 4 nitrogen and oxygen atoms in total. The zero-order chi connectivity index (χ0) is 10.7. The van der Waals surface area contributed by atoms with Crippen molar-refractivity contribution >= 4 is 15.9 Å². The summed E-state index contributed by atoms with van der Waals surface area (Å²) in [6, 6.07) is 0. The molecule has 0 fully saturated rings. The van der Waals surface area contributed by atoms with E-state index in [1.54, 1.807) is 12.5 Å². The molecule has 0 unspecified atom stereocenters. The quantitative estimate of drug-likeness (QED) is 0.800. The summed E-state index contributed by atoms with van der Waals surface area (Å²) in [5.41, 5.74) is 0. The molecule has 0 amide bonds. The van der Waals surface area contributed by atoms with Gasteiger partial charge >= 0.3 is 0 Å². The lowest BCUT2D eigenvalue weighted by atomic mass is 10.4. The van der Waals surface area contributed by atoms with Crippen molar-refractivity contribution in [2.45, 2.75) is 13.0 Å². The highest BCUT2D eigenvalue weighted by Gasteiger charge is 2.03. The minimum Gasteiger partial charge on any atom is -0.337 e. The van der Waals surface area contributed by atoms with E-state index in [0.717, 1.165) is 0 Å². The summed E-state index contributed by atoms with van der Waals surface area (Å²) in [5, 5.41) is 0. The predicted octanol–water partition coefficient (Wildman–Crippen LogP) is 1.82. The number of nitrogens with zero attached hydrogens (tertiary/aromatic N) is 4. The molecule has 2 rings (SSSR count). The molecule has 0 aliphatic heterocycles. The Hall–Kier alpha value is -1.30. The monoisotopic (exact) mass is 270 g/mol. The second kappa shape index (κ2) is 4.48. The van der Waals surface area contributed by atoms with Crippen LogP contribution in [0.15, 0.2) is 29.4 Å². The van der Waals surface area contributed by atoms with Crippen LogP contribution in [0.2, 0.25) is 0 Å². The SMILES string of the molecule is Fc1nc(CCn2ccnc2)ncc1Br. The third kappa shape index (κ3) is 2.59. The lowest BCUT2D eigenvalue weighted by Crippen LogP contribution is -2.04. The van der Waals surface area contributed by atoms with E-state index in [1.165, 1.54) is 6.20 Å². The van der Waals surface area contributed by atoms with Crippen molar-refractivity contribution in [2.75, 3.05) is 0 Å². The van der Waals surface area contributed by atoms with E-state index >= 15 is 0 Å². The maximum absolute atomic E-state index is 13.0. The molecule has 0 atom stereocenters. The van der Waals surface area contributed by atoms with Gasteiger partial charge in [0.05, 0.1) is 10.8 Å². The summed E-state index contributed by atoms with van der Waals surface area (Å²) in [7, 11) is 0. The highest BCUT2D eigenvalue weighted by Crippen LogP contribution is 2.11. The van der Waals surface area contributed by atoms with Gasteiger partial charge in [0.1, 0.15) is 5.82 Å². The van der Waals surface area contributed by atoms with Crippen molar-refractivity contribution in [2.24, 2.45) is 0 Å². The molecule has 2 aromatic heterocycles. The first kappa shape index (κ1) is 10.2. The van der Waals surface area contributed by atoms with Crippen LogP contribution < -0.4 is 0 Å². The van der Waals surface area contributed by atoms with E-state index in [1.807, 2.05) is 10.8 Å². The van der Waals surface area contributed by atoms with Gasteiger partial charge in [-0.2, -0.15) is 4.39 Å². The van der Waals surface area contributed by atoms with E-state index in [0.29, 0.717) is 18.8 Å². The number of aromatic nitrogens is 4. The summed E-state index contributed by atoms with van der Waals surface area (Å²) >= 11 is 3.00. The Morgan fingerprint density at radius 3 is 3.00 bits per heavy atom. The summed E-state index contributed by atoms with van der Waals surface area (Å²) in [6.45, 7) is 0.696. The third-order valence-corrected chi connectivity index (χ3v) is 2.44. The van der Waals surface area contributed by atoms with E-state index in [4.69, 9.17) is 0 Å². The van der Waals surface area contributed by atoms with Crippen LogP contribution in [0.1, 0.15) is 5.82 Å². The molecule has 15 heavy (non-hydrogen) atoms. The van der Waals surface area contributed by atoms with Crippen LogP contribution in [0.5, 0.6) is 0 Å². The van der Waals surface area contributed by atoms with Crippen molar-refractivity contribution in [3.63, 3.8) is 0 Å². The summed E-state index contributed by atoms with van der Waals surface area (Å²) in [4.78, 5) is 11.6. The van der Waals surface area contributed by atoms with Gasteiger partial charge < -0.3 is 4.57 Å². The largest absolute Gasteiger partial charge is 0.337 e. The van der Waals surface area contributed by atoms with Gasteiger partial charge in [0, 0.05) is 31.6 Å². The van der Waals surface area contributed by atoms with Crippen LogP contribution >= 0.6 is 15.9 Å². The lowest BCUT2D eigenvalue weighted by molar-refractivity contribution is 0.554. The number of hydrogen-bond donors (Lipinski definition) is 0. The summed E-state index contributed by atoms with van der Waals surface area (Å²) in [6.07, 6.45) is 7.25. The number of halogens is 2. The maximum Gasteiger partial charge on any atom is 0.230 e. The molecule has 0 bridgehead atoms. The average Bonchev–Trinajstić information content (AvgIpc) is 2.73. The molecule has 0 aliphatic rings. The molecule has 78 valence electrons. The number of rotatable bonds is 3. The first-order valence-electron chi connectivity index (χ1n) is 4.38. The van der Waals surface area contributed by atoms with Crippen molar-refractivity contribution in [1.29, 1.82) is 0 Å². The fraction of sp³-hybridized carbons (Fsp3) is 0.222. The summed E-state index contributed by atoms with van der Waals surface area (Å²) < 4.78 is 15.2. The number of hydrogen-bond acceptors (Lipinski definition) is 3. The first-order valence-corrected chi connectivity index (χ1v) is 5.17. The molecule has 0 aliphatic carbocycles. The van der Waals surface area contributed by atoms with Gasteiger partial charge in [0.2, 0.25) is 5.95 Å². The smallest absolute Gasteiger partial charge is 0.230 e. The van der Waals surface area contributed by atoms with Gasteiger partial charge in [-0.3, -0.25) is 0 Å². The molecule has 2 heterocycles. The topological polar surface area (TPSA) is 43.6 Å². The Morgan fingerprint density at radius 1 is 1.47 bits per heavy atom. The van der Waals surface area contributed by atoms with E-state index < -0.39 is 5.95 Å². The first-order chi connectivity index (χ1) is 7.25. The maximum atomic E-state index is 13.0. The summed E-state index contributed by atoms with van der Waals surface area (Å²) in [5.74, 6) is -0.0324. The van der Waals surface area contributed by atoms with Crippen LogP contribution in [0.4, 0.5) is 4.39 Å². The second-order valence-corrected chi connectivity index (χ2v) is 3.83. The van der Waals surface area contributed by atoms with Gasteiger partial charge in [0.15, 0.2) is 0 Å². The standard InChI is InChI=1S/C9H8BrFN4/c10-7-5-13-8(14-9(7)11)1-3-15-4-2-12-6-15/h2,4-6H,1,3H2. The van der Waals surface area contributed by atoms with Gasteiger partial charge in [-0.25, -0.2) is 15.0 Å². The molecular weight excluding hydrogens is 263 g/mol. The minimum atomic E-state index is -0.523. The Balaban J connectivity index is 2.02. The molecule has 0 radical (unpaired) electrons. The zero-order valence-electron chi connectivity index (χ0n) is 7.77. The van der Waals surface area contributed by atoms with Gasteiger partial charge in [-0.1, -0.05) is 0 Å². The van der Waals surface area contributed by atoms with Crippen LogP contribution in [-0.2, 0) is 13.0 Å². The van der Waals surface area contributed by atoms with E-state index in [9.17, 15) is 4.39 Å². The molecule has 0 N–H and O–H groups in total. The fourth-order valence-corrected chi connectivity index (χ4v) is 1.34. The highest BCUT2D eigenvalue weighted by molar-refractivity contribution is 9.10. The van der Waals surface area contributed by atoms with Crippen LogP contribution in [0.3, 0.4) is 0 Å². The molecule has 0 saturated heterocycles. The van der Waals surface area contributed by atoms with Crippen molar-refractivity contribution in [3.8, 4) is 0 Å². The highest BCUT2D eigenvalue weighted by atomic mass is 79.9. The van der Waals surface area contributed by atoms with Crippen molar-refractivity contribution < 1.29 is 4.39 Å². The molecule has 0 aromatic carbocycles. The second-order valence-electron chi connectivity index (χ2n) is 2.98. The molecule has 0 spiro atoms. The van der Waals surface area contributed by atoms with Gasteiger partial charge in [-0.05, 0) is 15.9 Å². The lowest BCUT2D eigenvalue weighted by Gasteiger charge is -2.01. The molecular formula is C9H8BrFN4. The predicted molar refractivity (Wildman–Crippen MR) is 55.6 cm³/mol. The molecule has 6 heteroatoms. The van der Waals surface area contributed by atoms with Gasteiger partial charge in [0.25, 0.3) is 0 Å². The van der Waals surface area contributed by atoms with Crippen molar-refractivity contribution in [3.05, 3.63) is 41.2 Å². The van der Waals surface area contributed by atoms with Crippen LogP contribution in [-0.4, -0.2) is 19.5 Å². The van der Waals surface area contributed by atoms with Crippen LogP contribution in [0, 0.1) is 5.95 Å². The normalized spacial score (nSPS) is 10.5. The molecule has 0 saturated carbocycles. The fourth-order valence-electron chi connectivity index (χ4n) is 1.15. The Bertz CT molecular complexity index is 443. The third-order valence-electron chi connectivity index (χ3n) is 1.90. The Kier molecular flexibility index (Phi) is 3.05. The van der Waals surface area contributed by atoms with Crippen LogP contribution in [0.25, 0.3) is 0 Å². The van der Waals surface area contributed by atoms with Crippen molar-refractivity contribution in [1.82, 2.24) is 19.5 Å². The van der Waals surface area contributed by atoms with Gasteiger partial charge in [-0.15, -0.1) is 0 Å². The number of aryl methyl sites for hydroxylation is 2. The zero-order valence-corrected chi connectivity index (χ0v) is 9.35. The van der Waals surface area contributed by atoms with E-state index in [-0.39, 0.29) is 4.47 Å². The molecule has 2 aromatic rings. The Labute approximate surface area is 94.3 Å². The van der Waals surface area contributed by atoms with E-state index in [2.05, 4.69) is 30.9 Å². The average molecular weight is 271 g/mol. The number of imidazole rings is 1.